The van der Waals surface area contributed by atoms with Gasteiger partial charge in [0.1, 0.15) is 5.75 Å². The molecule has 1 atom stereocenters. The van der Waals surface area contributed by atoms with E-state index in [0.29, 0.717) is 5.92 Å². The zero-order valence-electron chi connectivity index (χ0n) is 13.2. The number of carbonyl (C=O) groups excluding carboxylic acids is 1. The molecule has 0 spiro atoms. The van der Waals surface area contributed by atoms with Crippen LogP contribution < -0.4 is 4.74 Å². The van der Waals surface area contributed by atoms with Crippen molar-refractivity contribution in [2.45, 2.75) is 13.3 Å². The van der Waals surface area contributed by atoms with Gasteiger partial charge >= 0.3 is 0 Å². The van der Waals surface area contributed by atoms with Crippen LogP contribution in [0.5, 0.6) is 5.75 Å². The van der Waals surface area contributed by atoms with Crippen LogP contribution in [0.2, 0.25) is 0 Å². The first-order valence-electron chi connectivity index (χ1n) is 7.49. The lowest BCUT2D eigenvalue weighted by Crippen LogP contribution is -2.29. The molecule has 118 valence electrons. The summed E-state index contributed by atoms with van der Waals surface area (Å²) in [5.41, 5.74) is 1.05. The van der Waals surface area contributed by atoms with Crippen molar-refractivity contribution in [3.05, 3.63) is 28.6 Å². The highest BCUT2D eigenvalue weighted by Gasteiger charge is 2.29. The Labute approximate surface area is 134 Å². The van der Waals surface area contributed by atoms with Crippen molar-refractivity contribution in [3.63, 3.8) is 0 Å². The molecule has 1 aromatic carbocycles. The van der Waals surface area contributed by atoms with E-state index in [0.717, 1.165) is 52.4 Å². The molecule has 0 radical (unpaired) electrons. The van der Waals surface area contributed by atoms with Gasteiger partial charge in [0.15, 0.2) is 0 Å². The summed E-state index contributed by atoms with van der Waals surface area (Å²) in [6, 6.07) is 5.98. The van der Waals surface area contributed by atoms with Crippen molar-refractivity contribution in [1.82, 2.24) is 4.90 Å². The maximum absolute atomic E-state index is 12.8. The third-order valence-corrected chi connectivity index (χ3v) is 5.57. The number of amides is 1. The number of carbonyl (C=O) groups is 1. The average Bonchev–Trinajstić information content (AvgIpc) is 3.12. The molecule has 0 aliphatic carbocycles. The van der Waals surface area contributed by atoms with Crippen molar-refractivity contribution in [2.24, 2.45) is 5.92 Å². The van der Waals surface area contributed by atoms with Crippen LogP contribution in [0, 0.1) is 12.8 Å². The van der Waals surface area contributed by atoms with Gasteiger partial charge in [0.2, 0.25) is 0 Å². The quantitative estimate of drug-likeness (QED) is 0.868. The SMILES string of the molecule is COC[C@H]1CCN(C(=O)c2sc3ccc(OC)cc3c2C)C1. The van der Waals surface area contributed by atoms with Gasteiger partial charge in [-0.15, -0.1) is 11.3 Å². The Hall–Kier alpha value is -1.59. The van der Waals surface area contributed by atoms with E-state index in [2.05, 4.69) is 0 Å². The van der Waals surface area contributed by atoms with Crippen LogP contribution in [0.25, 0.3) is 10.1 Å². The van der Waals surface area contributed by atoms with Gasteiger partial charge in [-0.25, -0.2) is 0 Å². The van der Waals surface area contributed by atoms with Crippen LogP contribution in [0.1, 0.15) is 21.7 Å². The molecule has 0 unspecified atom stereocenters. The van der Waals surface area contributed by atoms with Gasteiger partial charge in [-0.1, -0.05) is 0 Å². The van der Waals surface area contributed by atoms with Crippen LogP contribution >= 0.6 is 11.3 Å². The number of ether oxygens (including phenoxy) is 2. The van der Waals surface area contributed by atoms with Gasteiger partial charge < -0.3 is 14.4 Å². The molecule has 1 saturated heterocycles. The van der Waals surface area contributed by atoms with Crippen LogP contribution in [0.15, 0.2) is 18.2 Å². The number of likely N-dealkylation sites (tertiary alicyclic amines) is 1. The standard InChI is InChI=1S/C17H21NO3S/c1-11-14-8-13(21-3)4-5-15(14)22-16(11)17(19)18-7-6-12(9-18)10-20-2/h4-5,8,12H,6-7,9-10H2,1-3H3/t12-/m0/s1. The average molecular weight is 319 g/mol. The lowest BCUT2D eigenvalue weighted by atomic mass is 10.1. The first-order chi connectivity index (χ1) is 10.6. The normalized spacial score (nSPS) is 18.1. The fourth-order valence-corrected chi connectivity index (χ4v) is 4.22. The van der Waals surface area contributed by atoms with E-state index in [4.69, 9.17) is 9.47 Å². The second kappa shape index (κ2) is 6.26. The predicted octanol–water partition coefficient (Wildman–Crippen LogP) is 3.33. The van der Waals surface area contributed by atoms with E-state index in [9.17, 15) is 4.79 Å². The lowest BCUT2D eigenvalue weighted by Gasteiger charge is -2.16. The zero-order valence-corrected chi connectivity index (χ0v) is 14.0. The molecule has 22 heavy (non-hydrogen) atoms. The van der Waals surface area contributed by atoms with Gasteiger partial charge in [-0.3, -0.25) is 4.79 Å². The Bertz CT molecular complexity index is 695. The number of benzene rings is 1. The molecule has 0 N–H and O–H groups in total. The second-order valence-corrected chi connectivity index (χ2v) is 6.83. The molecule has 4 nitrogen and oxygen atoms in total. The number of hydrogen-bond acceptors (Lipinski definition) is 4. The number of aryl methyl sites for hydroxylation is 1. The minimum Gasteiger partial charge on any atom is -0.497 e. The van der Waals surface area contributed by atoms with Crippen molar-refractivity contribution < 1.29 is 14.3 Å². The van der Waals surface area contributed by atoms with E-state index in [1.165, 1.54) is 0 Å². The molecule has 5 heteroatoms. The fraction of sp³-hybridized carbons (Fsp3) is 0.471. The van der Waals surface area contributed by atoms with Crippen LogP contribution in [0.3, 0.4) is 0 Å². The Morgan fingerprint density at radius 2 is 2.23 bits per heavy atom. The van der Waals surface area contributed by atoms with Gasteiger partial charge in [0, 0.05) is 30.8 Å². The molecule has 0 bridgehead atoms. The first-order valence-corrected chi connectivity index (χ1v) is 8.31. The predicted molar refractivity (Wildman–Crippen MR) is 89.0 cm³/mol. The first kappa shape index (κ1) is 15.3. The lowest BCUT2D eigenvalue weighted by molar-refractivity contribution is 0.0779. The molecule has 2 aromatic rings. The van der Waals surface area contributed by atoms with Crippen LogP contribution in [0.4, 0.5) is 0 Å². The largest absolute Gasteiger partial charge is 0.497 e. The number of nitrogens with zero attached hydrogens (tertiary/aromatic N) is 1. The molecular formula is C17H21NO3S. The molecular weight excluding hydrogens is 298 g/mol. The summed E-state index contributed by atoms with van der Waals surface area (Å²) < 4.78 is 11.6. The molecule has 1 aliphatic rings. The summed E-state index contributed by atoms with van der Waals surface area (Å²) in [6.45, 7) is 4.37. The third kappa shape index (κ3) is 2.71. The number of fused-ring (bicyclic) bond motifs is 1. The van der Waals surface area contributed by atoms with Crippen molar-refractivity contribution in [3.8, 4) is 5.75 Å². The molecule has 1 aliphatic heterocycles. The Morgan fingerprint density at radius 3 is 2.95 bits per heavy atom. The molecule has 3 rings (SSSR count). The number of rotatable bonds is 4. The molecule has 1 fully saturated rings. The highest BCUT2D eigenvalue weighted by molar-refractivity contribution is 7.21. The number of hydrogen-bond donors (Lipinski definition) is 0. The van der Waals surface area contributed by atoms with E-state index in [1.54, 1.807) is 25.6 Å². The third-order valence-electron chi connectivity index (χ3n) is 4.31. The molecule has 1 amide bonds. The smallest absolute Gasteiger partial charge is 0.264 e. The molecule has 0 saturated carbocycles. The Morgan fingerprint density at radius 1 is 1.41 bits per heavy atom. The van der Waals surface area contributed by atoms with Crippen molar-refractivity contribution >= 4 is 27.3 Å². The maximum atomic E-state index is 12.8. The zero-order chi connectivity index (χ0) is 15.7. The summed E-state index contributed by atoms with van der Waals surface area (Å²) in [6.07, 6.45) is 1.03. The van der Waals surface area contributed by atoms with E-state index in [-0.39, 0.29) is 5.91 Å². The highest BCUT2D eigenvalue weighted by atomic mass is 32.1. The summed E-state index contributed by atoms with van der Waals surface area (Å²) >= 11 is 1.57. The van der Waals surface area contributed by atoms with Gasteiger partial charge in [-0.2, -0.15) is 0 Å². The van der Waals surface area contributed by atoms with Crippen molar-refractivity contribution in [2.75, 3.05) is 33.9 Å². The van der Waals surface area contributed by atoms with Gasteiger partial charge in [0.05, 0.1) is 18.6 Å². The van der Waals surface area contributed by atoms with Gasteiger partial charge in [-0.05, 0) is 42.5 Å². The Balaban J connectivity index is 1.87. The fourth-order valence-electron chi connectivity index (χ4n) is 3.06. The van der Waals surface area contributed by atoms with Gasteiger partial charge in [0.25, 0.3) is 5.91 Å². The summed E-state index contributed by atoms with van der Waals surface area (Å²) in [5.74, 6) is 1.44. The van der Waals surface area contributed by atoms with E-state index in [1.807, 2.05) is 30.0 Å². The van der Waals surface area contributed by atoms with E-state index >= 15 is 0 Å². The maximum Gasteiger partial charge on any atom is 0.264 e. The summed E-state index contributed by atoms with van der Waals surface area (Å²) in [4.78, 5) is 15.6. The monoisotopic (exact) mass is 319 g/mol. The molecule has 2 heterocycles. The minimum atomic E-state index is 0.149. The number of methoxy groups -OCH3 is 2. The molecule has 1 aromatic heterocycles. The number of thiophene rings is 1. The topological polar surface area (TPSA) is 38.8 Å². The van der Waals surface area contributed by atoms with Crippen LogP contribution in [-0.2, 0) is 4.74 Å². The highest BCUT2D eigenvalue weighted by Crippen LogP contribution is 2.34. The Kier molecular flexibility index (Phi) is 4.36. The second-order valence-electron chi connectivity index (χ2n) is 5.78. The summed E-state index contributed by atoms with van der Waals surface area (Å²) in [5, 5.41) is 1.11. The van der Waals surface area contributed by atoms with E-state index < -0.39 is 0 Å². The van der Waals surface area contributed by atoms with Crippen molar-refractivity contribution in [1.29, 1.82) is 0 Å². The van der Waals surface area contributed by atoms with Crippen LogP contribution in [-0.4, -0.2) is 44.7 Å². The minimum absolute atomic E-state index is 0.149. The summed E-state index contributed by atoms with van der Waals surface area (Å²) in [7, 11) is 3.38.